The number of aromatic hydroxyl groups is 1. The lowest BCUT2D eigenvalue weighted by atomic mass is 9.71. The van der Waals surface area contributed by atoms with Gasteiger partial charge in [-0.05, 0) is 76.3 Å². The highest BCUT2D eigenvalue weighted by Crippen LogP contribution is 2.46. The molecule has 1 amide bonds. The van der Waals surface area contributed by atoms with Crippen molar-refractivity contribution in [2.45, 2.75) is 64.1 Å². The first-order valence-electron chi connectivity index (χ1n) is 11.9. The Hall–Kier alpha value is -3.30. The Morgan fingerprint density at radius 2 is 1.86 bits per heavy atom. The summed E-state index contributed by atoms with van der Waals surface area (Å²) in [5.41, 5.74) is 8.02. The maximum absolute atomic E-state index is 12.8. The van der Waals surface area contributed by atoms with E-state index in [0.717, 1.165) is 11.1 Å². The third-order valence-electron chi connectivity index (χ3n) is 6.88. The van der Waals surface area contributed by atoms with Gasteiger partial charge >= 0.3 is 0 Å². The number of hydrogen-bond acceptors (Lipinski definition) is 7. The molecule has 1 saturated heterocycles. The van der Waals surface area contributed by atoms with E-state index in [2.05, 4.69) is 20.4 Å². The molecular formula is C26H34N6O3. The second-order valence-electron chi connectivity index (χ2n) is 10.6. The van der Waals surface area contributed by atoms with Gasteiger partial charge < -0.3 is 20.8 Å². The maximum atomic E-state index is 12.8. The number of hydrogen-bond donors (Lipinski definition) is 4. The van der Waals surface area contributed by atoms with Crippen LogP contribution in [0.2, 0.25) is 0 Å². The van der Waals surface area contributed by atoms with Gasteiger partial charge in [-0.25, -0.2) is 0 Å². The summed E-state index contributed by atoms with van der Waals surface area (Å²) >= 11 is 0. The van der Waals surface area contributed by atoms with Crippen LogP contribution in [-0.2, 0) is 4.79 Å². The zero-order valence-corrected chi connectivity index (χ0v) is 20.7. The number of amides is 1. The molecule has 5 N–H and O–H groups in total. The SMILES string of the molecule is CC1(C)CC(C(O)c2ccc(-c3ccc(-c4cn[nH]c4)cc3O)nn2)CC(C)(C)N1C(=O)CCN. The van der Waals surface area contributed by atoms with Crippen LogP contribution in [0.25, 0.3) is 22.4 Å². The number of nitrogens with two attached hydrogens (primary N) is 1. The Morgan fingerprint density at radius 3 is 2.40 bits per heavy atom. The first-order chi connectivity index (χ1) is 16.5. The summed E-state index contributed by atoms with van der Waals surface area (Å²) in [6.45, 7) is 8.45. The van der Waals surface area contributed by atoms with Crippen LogP contribution in [0, 0.1) is 5.92 Å². The molecular weight excluding hydrogens is 444 g/mol. The quantitative estimate of drug-likeness (QED) is 0.425. The van der Waals surface area contributed by atoms with E-state index in [9.17, 15) is 15.0 Å². The van der Waals surface area contributed by atoms with Crippen molar-refractivity contribution in [3.8, 4) is 28.1 Å². The molecule has 0 aliphatic carbocycles. The van der Waals surface area contributed by atoms with Gasteiger partial charge in [0.25, 0.3) is 0 Å². The number of H-pyrrole nitrogens is 1. The molecule has 0 saturated carbocycles. The standard InChI is InChI=1S/C26H34N6O3/c1-25(2)12-17(13-26(3,4)32(25)23(34)9-10-27)24(35)21-8-7-20(30-31-21)19-6-5-16(11-22(19)33)18-14-28-29-15-18/h5-8,11,14-15,17,24,33,35H,9-10,12-13,27H2,1-4H3,(H,28,29). The molecule has 1 unspecified atom stereocenters. The molecule has 9 heteroatoms. The highest BCUT2D eigenvalue weighted by Gasteiger charge is 2.49. The van der Waals surface area contributed by atoms with Gasteiger partial charge in [0.1, 0.15) is 11.9 Å². The van der Waals surface area contributed by atoms with Crippen LogP contribution in [-0.4, -0.2) is 59.0 Å². The van der Waals surface area contributed by atoms with Crippen molar-refractivity contribution in [1.29, 1.82) is 0 Å². The highest BCUT2D eigenvalue weighted by atomic mass is 16.3. The fourth-order valence-electron chi connectivity index (χ4n) is 5.71. The number of likely N-dealkylation sites (tertiary alicyclic amines) is 1. The molecule has 0 radical (unpaired) electrons. The molecule has 35 heavy (non-hydrogen) atoms. The molecule has 0 spiro atoms. The molecule has 1 aromatic carbocycles. The minimum absolute atomic E-state index is 0.0400. The number of aliphatic hydroxyl groups is 1. The Morgan fingerprint density at radius 1 is 1.14 bits per heavy atom. The van der Waals surface area contributed by atoms with Crippen molar-refractivity contribution >= 4 is 5.91 Å². The van der Waals surface area contributed by atoms with E-state index < -0.39 is 17.2 Å². The summed E-state index contributed by atoms with van der Waals surface area (Å²) < 4.78 is 0. The zero-order valence-electron chi connectivity index (χ0n) is 20.7. The number of rotatable bonds is 6. The van der Waals surface area contributed by atoms with E-state index in [0.29, 0.717) is 42.8 Å². The van der Waals surface area contributed by atoms with Crippen molar-refractivity contribution < 1.29 is 15.0 Å². The molecule has 9 nitrogen and oxygen atoms in total. The summed E-state index contributed by atoms with van der Waals surface area (Å²) in [5.74, 6) is 0.0345. The number of carbonyl (C=O) groups is 1. The van der Waals surface area contributed by atoms with Crippen LogP contribution in [0.3, 0.4) is 0 Å². The van der Waals surface area contributed by atoms with Gasteiger partial charge in [-0.15, -0.1) is 0 Å². The summed E-state index contributed by atoms with van der Waals surface area (Å²) in [4.78, 5) is 14.7. The van der Waals surface area contributed by atoms with Crippen LogP contribution in [0.15, 0.2) is 42.7 Å². The lowest BCUT2D eigenvalue weighted by Crippen LogP contribution is -2.63. The number of aliphatic hydroxyl groups excluding tert-OH is 1. The zero-order chi connectivity index (χ0) is 25.4. The molecule has 186 valence electrons. The molecule has 4 rings (SSSR count). The van der Waals surface area contributed by atoms with E-state index in [-0.39, 0.29) is 17.6 Å². The minimum atomic E-state index is -0.820. The van der Waals surface area contributed by atoms with E-state index in [1.807, 2.05) is 38.7 Å². The fourth-order valence-corrected chi connectivity index (χ4v) is 5.71. The van der Waals surface area contributed by atoms with E-state index in [1.165, 1.54) is 0 Å². The first kappa shape index (κ1) is 24.8. The van der Waals surface area contributed by atoms with E-state index in [1.54, 1.807) is 36.7 Å². The average molecular weight is 479 g/mol. The van der Waals surface area contributed by atoms with Gasteiger partial charge in [0, 0.05) is 41.4 Å². The summed E-state index contributed by atoms with van der Waals surface area (Å²) in [5, 5.41) is 37.1. The number of phenolic OH excluding ortho intramolecular Hbond substituents is 1. The normalized spacial score (nSPS) is 18.4. The van der Waals surface area contributed by atoms with Gasteiger partial charge in [0.05, 0.1) is 17.6 Å². The van der Waals surface area contributed by atoms with Crippen LogP contribution in [0.5, 0.6) is 5.75 Å². The Balaban J connectivity index is 1.52. The number of nitrogens with one attached hydrogen (secondary N) is 1. The number of nitrogens with zero attached hydrogens (tertiary/aromatic N) is 4. The summed E-state index contributed by atoms with van der Waals surface area (Å²) in [6, 6.07) is 8.84. The molecule has 0 bridgehead atoms. The van der Waals surface area contributed by atoms with Gasteiger partial charge in [-0.2, -0.15) is 15.3 Å². The van der Waals surface area contributed by atoms with Crippen molar-refractivity contribution in [1.82, 2.24) is 25.3 Å². The predicted molar refractivity (Wildman–Crippen MR) is 133 cm³/mol. The molecule has 3 heterocycles. The Labute approximate surface area is 205 Å². The number of piperidine rings is 1. The largest absolute Gasteiger partial charge is 0.507 e. The fraction of sp³-hybridized carbons (Fsp3) is 0.462. The molecule has 1 atom stereocenters. The molecule has 3 aromatic rings. The van der Waals surface area contributed by atoms with Crippen molar-refractivity contribution in [2.75, 3.05) is 6.54 Å². The Bertz CT molecular complexity index is 1160. The lowest BCUT2D eigenvalue weighted by Gasteiger charge is -2.56. The lowest BCUT2D eigenvalue weighted by molar-refractivity contribution is -0.154. The number of phenols is 1. The van der Waals surface area contributed by atoms with Gasteiger partial charge in [0.2, 0.25) is 5.91 Å². The van der Waals surface area contributed by atoms with Crippen LogP contribution in [0.4, 0.5) is 0 Å². The monoisotopic (exact) mass is 478 g/mol. The van der Waals surface area contributed by atoms with E-state index in [4.69, 9.17) is 5.73 Å². The number of benzene rings is 1. The molecule has 2 aromatic heterocycles. The van der Waals surface area contributed by atoms with Gasteiger partial charge in [0.15, 0.2) is 0 Å². The third kappa shape index (κ3) is 4.92. The second kappa shape index (κ2) is 9.39. The third-order valence-corrected chi connectivity index (χ3v) is 6.88. The number of carbonyl (C=O) groups excluding carboxylic acids is 1. The summed E-state index contributed by atoms with van der Waals surface area (Å²) in [7, 11) is 0. The average Bonchev–Trinajstić information content (AvgIpc) is 3.32. The minimum Gasteiger partial charge on any atom is -0.507 e. The topological polar surface area (TPSA) is 141 Å². The molecule has 1 aliphatic rings. The summed E-state index contributed by atoms with van der Waals surface area (Å²) in [6.07, 6.45) is 4.19. The maximum Gasteiger partial charge on any atom is 0.224 e. The van der Waals surface area contributed by atoms with Crippen molar-refractivity contribution in [3.63, 3.8) is 0 Å². The van der Waals surface area contributed by atoms with Gasteiger partial charge in [-0.1, -0.05) is 6.07 Å². The Kier molecular flexibility index (Phi) is 6.66. The second-order valence-corrected chi connectivity index (χ2v) is 10.6. The van der Waals surface area contributed by atoms with Crippen LogP contribution >= 0.6 is 0 Å². The van der Waals surface area contributed by atoms with Crippen molar-refractivity contribution in [2.24, 2.45) is 11.7 Å². The van der Waals surface area contributed by atoms with Crippen LogP contribution < -0.4 is 5.73 Å². The smallest absolute Gasteiger partial charge is 0.224 e. The molecule has 1 aliphatic heterocycles. The first-order valence-corrected chi connectivity index (χ1v) is 11.9. The molecule has 1 fully saturated rings. The van der Waals surface area contributed by atoms with Crippen LogP contribution in [0.1, 0.15) is 58.8 Å². The highest BCUT2D eigenvalue weighted by molar-refractivity contribution is 5.78. The number of aromatic amines is 1. The number of aromatic nitrogens is 4. The van der Waals surface area contributed by atoms with Crippen molar-refractivity contribution in [3.05, 3.63) is 48.4 Å². The van der Waals surface area contributed by atoms with E-state index >= 15 is 0 Å². The predicted octanol–water partition coefficient (Wildman–Crippen LogP) is 3.42. The van der Waals surface area contributed by atoms with Gasteiger partial charge in [-0.3, -0.25) is 9.89 Å².